The molecule has 2 aliphatic rings. The van der Waals surface area contributed by atoms with Gasteiger partial charge in [-0.15, -0.1) is 0 Å². The van der Waals surface area contributed by atoms with Crippen LogP contribution < -0.4 is 5.32 Å². The van der Waals surface area contributed by atoms with Crippen LogP contribution in [0.25, 0.3) is 0 Å². The van der Waals surface area contributed by atoms with Gasteiger partial charge in [0.2, 0.25) is 0 Å². The Morgan fingerprint density at radius 3 is 2.62 bits per heavy atom. The SMILES string of the molecule is CC1CNCCC1OC1CCCC1. The van der Waals surface area contributed by atoms with Crippen molar-refractivity contribution in [3.63, 3.8) is 0 Å². The zero-order chi connectivity index (χ0) is 9.10. The van der Waals surface area contributed by atoms with E-state index >= 15 is 0 Å². The summed E-state index contributed by atoms with van der Waals surface area (Å²) in [5.41, 5.74) is 0. The van der Waals surface area contributed by atoms with E-state index in [-0.39, 0.29) is 0 Å². The van der Waals surface area contributed by atoms with Crippen LogP contribution in [-0.2, 0) is 4.74 Å². The van der Waals surface area contributed by atoms with Crippen molar-refractivity contribution in [3.8, 4) is 0 Å². The topological polar surface area (TPSA) is 21.3 Å². The first kappa shape index (κ1) is 9.47. The zero-order valence-corrected chi connectivity index (χ0v) is 8.59. The average molecular weight is 183 g/mol. The lowest BCUT2D eigenvalue weighted by Gasteiger charge is -2.31. The van der Waals surface area contributed by atoms with Gasteiger partial charge in [-0.3, -0.25) is 0 Å². The van der Waals surface area contributed by atoms with E-state index in [4.69, 9.17) is 4.74 Å². The van der Waals surface area contributed by atoms with Crippen LogP contribution in [0, 0.1) is 5.92 Å². The fraction of sp³-hybridized carbons (Fsp3) is 1.00. The Balaban J connectivity index is 1.78. The zero-order valence-electron chi connectivity index (χ0n) is 8.59. The first-order valence-corrected chi connectivity index (χ1v) is 5.72. The van der Waals surface area contributed by atoms with Crippen molar-refractivity contribution >= 4 is 0 Å². The molecule has 0 bridgehead atoms. The van der Waals surface area contributed by atoms with Crippen LogP contribution in [0.4, 0.5) is 0 Å². The molecule has 2 atom stereocenters. The van der Waals surface area contributed by atoms with Crippen molar-refractivity contribution in [3.05, 3.63) is 0 Å². The van der Waals surface area contributed by atoms with Crippen molar-refractivity contribution in [2.75, 3.05) is 13.1 Å². The van der Waals surface area contributed by atoms with Crippen molar-refractivity contribution in [2.45, 2.75) is 51.2 Å². The summed E-state index contributed by atoms with van der Waals surface area (Å²) in [6.45, 7) is 4.57. The Hall–Kier alpha value is -0.0800. The second kappa shape index (κ2) is 4.43. The maximum atomic E-state index is 6.12. The van der Waals surface area contributed by atoms with Gasteiger partial charge in [-0.25, -0.2) is 0 Å². The molecule has 0 aromatic rings. The lowest BCUT2D eigenvalue weighted by molar-refractivity contribution is -0.0475. The molecule has 0 spiro atoms. The molecule has 2 nitrogen and oxygen atoms in total. The summed E-state index contributed by atoms with van der Waals surface area (Å²) in [6, 6.07) is 0. The van der Waals surface area contributed by atoms with Gasteiger partial charge in [0.1, 0.15) is 0 Å². The van der Waals surface area contributed by atoms with E-state index in [1.807, 2.05) is 0 Å². The molecular formula is C11H21NO. The van der Waals surface area contributed by atoms with E-state index < -0.39 is 0 Å². The minimum atomic E-state index is 0.532. The van der Waals surface area contributed by atoms with Gasteiger partial charge in [-0.1, -0.05) is 19.8 Å². The van der Waals surface area contributed by atoms with Crippen molar-refractivity contribution < 1.29 is 4.74 Å². The average Bonchev–Trinajstić information content (AvgIpc) is 2.61. The molecule has 2 fully saturated rings. The first-order chi connectivity index (χ1) is 6.36. The Labute approximate surface area is 81.0 Å². The normalized spacial score (nSPS) is 36.7. The van der Waals surface area contributed by atoms with Crippen LogP contribution in [0.2, 0.25) is 0 Å². The van der Waals surface area contributed by atoms with Gasteiger partial charge in [0.15, 0.2) is 0 Å². The predicted octanol–water partition coefficient (Wildman–Crippen LogP) is 1.94. The number of hydrogen-bond acceptors (Lipinski definition) is 2. The van der Waals surface area contributed by atoms with Crippen LogP contribution >= 0.6 is 0 Å². The molecule has 76 valence electrons. The standard InChI is InChI=1S/C11H21NO/c1-9-8-12-7-6-11(9)13-10-4-2-3-5-10/h9-12H,2-8H2,1H3. The molecule has 0 aromatic heterocycles. The highest BCUT2D eigenvalue weighted by Gasteiger charge is 2.26. The highest BCUT2D eigenvalue weighted by atomic mass is 16.5. The van der Waals surface area contributed by atoms with Gasteiger partial charge in [-0.2, -0.15) is 0 Å². The second-order valence-electron chi connectivity index (χ2n) is 4.55. The molecule has 1 aliphatic heterocycles. The molecule has 0 radical (unpaired) electrons. The van der Waals surface area contributed by atoms with E-state index in [0.717, 1.165) is 13.1 Å². The minimum absolute atomic E-state index is 0.532. The molecule has 2 heteroatoms. The molecule has 2 unspecified atom stereocenters. The molecular weight excluding hydrogens is 162 g/mol. The highest BCUT2D eigenvalue weighted by Crippen LogP contribution is 2.25. The fourth-order valence-corrected chi connectivity index (χ4v) is 2.46. The van der Waals surface area contributed by atoms with E-state index in [1.165, 1.54) is 32.1 Å². The predicted molar refractivity (Wildman–Crippen MR) is 53.8 cm³/mol. The monoisotopic (exact) mass is 183 g/mol. The van der Waals surface area contributed by atoms with Crippen LogP contribution in [0.3, 0.4) is 0 Å². The Morgan fingerprint density at radius 1 is 1.15 bits per heavy atom. The summed E-state index contributed by atoms with van der Waals surface area (Å²) in [7, 11) is 0. The Morgan fingerprint density at radius 2 is 1.92 bits per heavy atom. The third-order valence-corrected chi connectivity index (χ3v) is 3.38. The first-order valence-electron chi connectivity index (χ1n) is 5.72. The van der Waals surface area contributed by atoms with Crippen LogP contribution in [0.1, 0.15) is 39.0 Å². The third kappa shape index (κ3) is 2.44. The maximum Gasteiger partial charge on any atom is 0.0628 e. The van der Waals surface area contributed by atoms with E-state index in [2.05, 4.69) is 12.2 Å². The quantitative estimate of drug-likeness (QED) is 0.706. The number of rotatable bonds is 2. The van der Waals surface area contributed by atoms with Gasteiger partial charge in [0.25, 0.3) is 0 Å². The molecule has 2 rings (SSSR count). The number of piperidine rings is 1. The number of ether oxygens (including phenoxy) is 1. The lowest BCUT2D eigenvalue weighted by atomic mass is 9.98. The summed E-state index contributed by atoms with van der Waals surface area (Å²) in [6.07, 6.45) is 7.69. The van der Waals surface area contributed by atoms with Gasteiger partial charge in [0.05, 0.1) is 12.2 Å². The summed E-state index contributed by atoms with van der Waals surface area (Å²) in [5.74, 6) is 0.703. The second-order valence-corrected chi connectivity index (χ2v) is 4.55. The van der Waals surface area contributed by atoms with Crippen LogP contribution in [0.15, 0.2) is 0 Å². The molecule has 0 aromatic carbocycles. The van der Waals surface area contributed by atoms with Gasteiger partial charge < -0.3 is 10.1 Å². The van der Waals surface area contributed by atoms with E-state index in [0.29, 0.717) is 18.1 Å². The van der Waals surface area contributed by atoms with Crippen molar-refractivity contribution in [1.29, 1.82) is 0 Å². The fourth-order valence-electron chi connectivity index (χ4n) is 2.46. The smallest absolute Gasteiger partial charge is 0.0628 e. The lowest BCUT2D eigenvalue weighted by Crippen LogP contribution is -2.41. The number of hydrogen-bond donors (Lipinski definition) is 1. The van der Waals surface area contributed by atoms with Crippen LogP contribution in [-0.4, -0.2) is 25.3 Å². The largest absolute Gasteiger partial charge is 0.375 e. The third-order valence-electron chi connectivity index (χ3n) is 3.38. The maximum absolute atomic E-state index is 6.12. The highest BCUT2D eigenvalue weighted by molar-refractivity contribution is 4.78. The summed E-state index contributed by atoms with van der Waals surface area (Å²) < 4.78 is 6.12. The number of nitrogens with one attached hydrogen (secondary N) is 1. The summed E-state index contributed by atoms with van der Waals surface area (Å²) in [5, 5.41) is 3.41. The van der Waals surface area contributed by atoms with Crippen molar-refractivity contribution in [1.82, 2.24) is 5.32 Å². The van der Waals surface area contributed by atoms with Gasteiger partial charge in [0, 0.05) is 6.54 Å². The van der Waals surface area contributed by atoms with Gasteiger partial charge in [-0.05, 0) is 31.7 Å². The molecule has 1 heterocycles. The molecule has 1 aliphatic carbocycles. The van der Waals surface area contributed by atoms with E-state index in [9.17, 15) is 0 Å². The Bertz CT molecular complexity index is 154. The van der Waals surface area contributed by atoms with Crippen molar-refractivity contribution in [2.24, 2.45) is 5.92 Å². The summed E-state index contributed by atoms with van der Waals surface area (Å²) in [4.78, 5) is 0. The molecule has 1 saturated heterocycles. The van der Waals surface area contributed by atoms with Gasteiger partial charge >= 0.3 is 0 Å². The molecule has 0 amide bonds. The minimum Gasteiger partial charge on any atom is -0.375 e. The van der Waals surface area contributed by atoms with E-state index in [1.54, 1.807) is 0 Å². The molecule has 13 heavy (non-hydrogen) atoms. The molecule has 1 saturated carbocycles. The Kier molecular flexibility index (Phi) is 3.23. The van der Waals surface area contributed by atoms with Crippen LogP contribution in [0.5, 0.6) is 0 Å². The molecule has 1 N–H and O–H groups in total. The summed E-state index contributed by atoms with van der Waals surface area (Å²) >= 11 is 0.